The fourth-order valence-corrected chi connectivity index (χ4v) is 4.81. The summed E-state index contributed by atoms with van der Waals surface area (Å²) in [5.41, 5.74) is 3.67. The number of benzene rings is 3. The van der Waals surface area contributed by atoms with Crippen molar-refractivity contribution in [1.82, 2.24) is 0 Å². The number of carbonyl (C=O) groups is 4. The minimum atomic E-state index is -0.595. The Morgan fingerprint density at radius 3 is 2.24 bits per heavy atom. The van der Waals surface area contributed by atoms with Crippen molar-refractivity contribution in [2.75, 3.05) is 35.3 Å². The zero-order valence-corrected chi connectivity index (χ0v) is 20.7. The molecule has 8 heteroatoms. The monoisotopic (exact) mass is 497 g/mol. The van der Waals surface area contributed by atoms with Crippen LogP contribution in [0.4, 0.5) is 17.1 Å². The standard InChI is InChI=1S/C29H27N3O5/c1-18-6-9-20(10-7-18)30-26(33)24-17-21(11-13-25(24)31-14-4-3-5-15-31)32-27(34)22-12-8-19(29(36)37-2)16-23(22)28(32)35/h6-13,16-17H,3-5,14-15H2,1-2H3,(H,30,33). The zero-order chi connectivity index (χ0) is 26.1. The van der Waals surface area contributed by atoms with Gasteiger partial charge in [-0.05, 0) is 74.7 Å². The van der Waals surface area contributed by atoms with Gasteiger partial charge in [0.1, 0.15) is 0 Å². The predicted octanol–water partition coefficient (Wildman–Crippen LogP) is 4.82. The van der Waals surface area contributed by atoms with Gasteiger partial charge in [0.2, 0.25) is 0 Å². The quantitative estimate of drug-likeness (QED) is 0.401. The number of rotatable bonds is 5. The largest absolute Gasteiger partial charge is 0.465 e. The van der Waals surface area contributed by atoms with Gasteiger partial charge >= 0.3 is 5.97 Å². The van der Waals surface area contributed by atoms with Crippen LogP contribution in [0.25, 0.3) is 0 Å². The third kappa shape index (κ3) is 4.58. The maximum Gasteiger partial charge on any atom is 0.337 e. The molecule has 2 heterocycles. The fraction of sp³-hybridized carbons (Fsp3) is 0.241. The van der Waals surface area contributed by atoms with E-state index in [4.69, 9.17) is 4.74 Å². The number of nitrogens with zero attached hydrogens (tertiary/aromatic N) is 2. The maximum atomic E-state index is 13.5. The molecule has 1 fully saturated rings. The SMILES string of the molecule is COC(=O)c1ccc2c(c1)C(=O)N(c1ccc(N3CCCCC3)c(C(=O)Nc3ccc(C)cc3)c1)C2=O. The van der Waals surface area contributed by atoms with Gasteiger partial charge in [-0.1, -0.05) is 17.7 Å². The average molecular weight is 498 g/mol. The molecule has 37 heavy (non-hydrogen) atoms. The van der Waals surface area contributed by atoms with Crippen LogP contribution in [0.15, 0.2) is 60.7 Å². The highest BCUT2D eigenvalue weighted by Gasteiger charge is 2.38. The zero-order valence-electron chi connectivity index (χ0n) is 20.7. The third-order valence-electron chi connectivity index (χ3n) is 6.80. The Kier molecular flexibility index (Phi) is 6.48. The number of carbonyl (C=O) groups excluding carboxylic acids is 4. The molecule has 3 aromatic rings. The lowest BCUT2D eigenvalue weighted by atomic mass is 10.0. The van der Waals surface area contributed by atoms with Crippen molar-refractivity contribution in [2.45, 2.75) is 26.2 Å². The first-order valence-corrected chi connectivity index (χ1v) is 12.3. The summed E-state index contributed by atoms with van der Waals surface area (Å²) in [5, 5.41) is 2.94. The van der Waals surface area contributed by atoms with Gasteiger partial charge in [0.05, 0.1) is 35.1 Å². The summed E-state index contributed by atoms with van der Waals surface area (Å²) >= 11 is 0. The Bertz CT molecular complexity index is 1410. The number of fused-ring (bicyclic) bond motifs is 1. The van der Waals surface area contributed by atoms with Crippen LogP contribution in [-0.2, 0) is 4.74 Å². The van der Waals surface area contributed by atoms with E-state index in [0.29, 0.717) is 16.9 Å². The first-order chi connectivity index (χ1) is 17.9. The van der Waals surface area contributed by atoms with Crippen LogP contribution in [0.3, 0.4) is 0 Å². The predicted molar refractivity (Wildman–Crippen MR) is 141 cm³/mol. The van der Waals surface area contributed by atoms with Crippen molar-refractivity contribution >= 4 is 40.8 Å². The summed E-state index contributed by atoms with van der Waals surface area (Å²) in [6.07, 6.45) is 3.20. The van der Waals surface area contributed by atoms with Crippen LogP contribution >= 0.6 is 0 Å². The Hall–Kier alpha value is -4.46. The number of imide groups is 1. The minimum absolute atomic E-state index is 0.124. The highest BCUT2D eigenvalue weighted by atomic mass is 16.5. The highest BCUT2D eigenvalue weighted by Crippen LogP contribution is 2.34. The summed E-state index contributed by atoms with van der Waals surface area (Å²) in [6, 6.07) is 16.9. The van der Waals surface area contributed by atoms with Crippen molar-refractivity contribution in [1.29, 1.82) is 0 Å². The molecule has 1 N–H and O–H groups in total. The molecule has 0 spiro atoms. The molecule has 2 aliphatic heterocycles. The molecule has 8 nitrogen and oxygen atoms in total. The molecule has 3 amide bonds. The summed E-state index contributed by atoms with van der Waals surface area (Å²) in [7, 11) is 1.25. The van der Waals surface area contributed by atoms with Crippen LogP contribution in [0.2, 0.25) is 0 Å². The van der Waals surface area contributed by atoms with Crippen LogP contribution < -0.4 is 15.1 Å². The molecular weight excluding hydrogens is 470 g/mol. The lowest BCUT2D eigenvalue weighted by Crippen LogP contribution is -2.33. The molecule has 188 valence electrons. The summed E-state index contributed by atoms with van der Waals surface area (Å²) < 4.78 is 4.74. The van der Waals surface area contributed by atoms with Gasteiger partial charge < -0.3 is 15.0 Å². The minimum Gasteiger partial charge on any atom is -0.465 e. The third-order valence-corrected chi connectivity index (χ3v) is 6.80. The number of ether oxygens (including phenoxy) is 1. The van der Waals surface area contributed by atoms with Crippen molar-refractivity contribution in [3.05, 3.63) is 88.5 Å². The molecule has 0 aliphatic carbocycles. The van der Waals surface area contributed by atoms with Gasteiger partial charge in [-0.15, -0.1) is 0 Å². The van der Waals surface area contributed by atoms with E-state index in [0.717, 1.165) is 48.5 Å². The molecule has 0 atom stereocenters. The Balaban J connectivity index is 1.52. The number of methoxy groups -OCH3 is 1. The molecule has 5 rings (SSSR count). The van der Waals surface area contributed by atoms with Gasteiger partial charge in [-0.25, -0.2) is 9.69 Å². The normalized spacial score (nSPS) is 15.0. The topological polar surface area (TPSA) is 96.0 Å². The number of piperidine rings is 1. The van der Waals surface area contributed by atoms with Gasteiger partial charge in [-0.2, -0.15) is 0 Å². The molecular formula is C29H27N3O5. The second-order valence-electron chi connectivity index (χ2n) is 9.27. The van der Waals surface area contributed by atoms with Gasteiger partial charge in [0.15, 0.2) is 0 Å². The van der Waals surface area contributed by atoms with E-state index in [1.807, 2.05) is 31.2 Å². The lowest BCUT2D eigenvalue weighted by Gasteiger charge is -2.31. The number of hydrogen-bond donors (Lipinski definition) is 1. The number of amides is 3. The van der Waals surface area contributed by atoms with Crippen molar-refractivity contribution < 1.29 is 23.9 Å². The summed E-state index contributed by atoms with van der Waals surface area (Å²) in [4.78, 5) is 55.2. The fourth-order valence-electron chi connectivity index (χ4n) is 4.81. The van der Waals surface area contributed by atoms with E-state index in [2.05, 4.69) is 10.2 Å². The number of aryl methyl sites for hydroxylation is 1. The highest BCUT2D eigenvalue weighted by molar-refractivity contribution is 6.35. The number of esters is 1. The van der Waals surface area contributed by atoms with Gasteiger partial charge in [0, 0.05) is 24.5 Å². The second-order valence-corrected chi connectivity index (χ2v) is 9.27. The van der Waals surface area contributed by atoms with Gasteiger partial charge in [0.25, 0.3) is 17.7 Å². The van der Waals surface area contributed by atoms with Crippen molar-refractivity contribution in [2.24, 2.45) is 0 Å². The first-order valence-electron chi connectivity index (χ1n) is 12.3. The number of anilines is 3. The van der Waals surface area contributed by atoms with Crippen molar-refractivity contribution in [3.8, 4) is 0 Å². The van der Waals surface area contributed by atoms with E-state index in [9.17, 15) is 19.2 Å². The van der Waals surface area contributed by atoms with Gasteiger partial charge in [-0.3, -0.25) is 14.4 Å². The Morgan fingerprint density at radius 1 is 0.838 bits per heavy atom. The average Bonchev–Trinajstić information content (AvgIpc) is 3.18. The molecule has 1 saturated heterocycles. The Morgan fingerprint density at radius 2 is 1.54 bits per heavy atom. The number of nitrogens with one attached hydrogen (secondary N) is 1. The van der Waals surface area contributed by atoms with E-state index < -0.39 is 17.8 Å². The molecule has 0 saturated carbocycles. The molecule has 0 unspecified atom stereocenters. The summed E-state index contributed by atoms with van der Waals surface area (Å²) in [6.45, 7) is 3.63. The van der Waals surface area contributed by atoms with E-state index in [1.165, 1.54) is 25.3 Å². The summed E-state index contributed by atoms with van der Waals surface area (Å²) in [5.74, 6) is -1.98. The molecule has 3 aromatic carbocycles. The molecule has 2 aliphatic rings. The smallest absolute Gasteiger partial charge is 0.337 e. The number of hydrogen-bond acceptors (Lipinski definition) is 6. The lowest BCUT2D eigenvalue weighted by molar-refractivity contribution is 0.0600. The van der Waals surface area contributed by atoms with Crippen LogP contribution in [0.1, 0.15) is 66.3 Å². The molecule has 0 bridgehead atoms. The molecule has 0 radical (unpaired) electrons. The second kappa shape index (κ2) is 9.89. The van der Waals surface area contributed by atoms with Crippen LogP contribution in [0, 0.1) is 6.92 Å². The van der Waals surface area contributed by atoms with E-state index >= 15 is 0 Å². The first kappa shape index (κ1) is 24.2. The van der Waals surface area contributed by atoms with E-state index in [-0.39, 0.29) is 22.6 Å². The maximum absolute atomic E-state index is 13.5. The van der Waals surface area contributed by atoms with Crippen LogP contribution in [0.5, 0.6) is 0 Å². The van der Waals surface area contributed by atoms with E-state index in [1.54, 1.807) is 18.2 Å². The van der Waals surface area contributed by atoms with Crippen molar-refractivity contribution in [3.63, 3.8) is 0 Å². The Labute approximate surface area is 214 Å². The van der Waals surface area contributed by atoms with Crippen LogP contribution in [-0.4, -0.2) is 43.9 Å². The molecule has 0 aromatic heterocycles.